The third-order valence-corrected chi connectivity index (χ3v) is 6.88. The standard InChI is InChI=1S/C22H22F2N4O5/c1-8-7-28-17-12(5-13(14(23)15(17)24)16-9(2)10(3)33-27-16)6-22(18(28)11(4)32-8)19(29)25-21(31)26-20(22)30/h5,8,11,18H,6-7H2,1-4H3,(H2,25,26,29,30,31)/t8-,11+,18-/m1/s1. The van der Waals surface area contributed by atoms with E-state index in [4.69, 9.17) is 9.26 Å². The number of aromatic nitrogens is 1. The predicted molar refractivity (Wildman–Crippen MR) is 110 cm³/mol. The van der Waals surface area contributed by atoms with Gasteiger partial charge in [0.25, 0.3) is 0 Å². The summed E-state index contributed by atoms with van der Waals surface area (Å²) in [6.07, 6.45) is -1.32. The zero-order chi connectivity index (χ0) is 23.8. The third kappa shape index (κ3) is 2.84. The Balaban J connectivity index is 1.76. The summed E-state index contributed by atoms with van der Waals surface area (Å²) in [5.41, 5.74) is -0.999. The van der Waals surface area contributed by atoms with Crippen molar-refractivity contribution in [3.05, 3.63) is 34.6 Å². The monoisotopic (exact) mass is 460 g/mol. The Morgan fingerprint density at radius 1 is 1.12 bits per heavy atom. The molecule has 4 heterocycles. The summed E-state index contributed by atoms with van der Waals surface area (Å²) in [6.45, 7) is 6.89. The fourth-order valence-electron chi connectivity index (χ4n) is 5.38. The summed E-state index contributed by atoms with van der Waals surface area (Å²) < 4.78 is 42.0. The molecule has 0 radical (unpaired) electrons. The Morgan fingerprint density at radius 2 is 1.79 bits per heavy atom. The van der Waals surface area contributed by atoms with E-state index in [1.807, 2.05) is 0 Å². The number of halogens is 2. The first-order valence-electron chi connectivity index (χ1n) is 10.6. The van der Waals surface area contributed by atoms with Gasteiger partial charge in [0.2, 0.25) is 11.8 Å². The number of anilines is 1. The van der Waals surface area contributed by atoms with Gasteiger partial charge in [0.15, 0.2) is 17.0 Å². The second kappa shape index (κ2) is 7.08. The number of morpholine rings is 1. The van der Waals surface area contributed by atoms with E-state index < -0.39 is 47.0 Å². The maximum Gasteiger partial charge on any atom is 0.328 e. The molecular weight excluding hydrogens is 438 g/mol. The van der Waals surface area contributed by atoms with E-state index in [0.29, 0.717) is 11.3 Å². The lowest BCUT2D eigenvalue weighted by molar-refractivity contribution is -0.153. The average Bonchev–Trinajstić information content (AvgIpc) is 3.06. The molecule has 0 saturated carbocycles. The van der Waals surface area contributed by atoms with Crippen molar-refractivity contribution in [1.29, 1.82) is 0 Å². The van der Waals surface area contributed by atoms with Crippen molar-refractivity contribution < 1.29 is 32.4 Å². The first-order chi connectivity index (χ1) is 15.6. The molecule has 4 amide bonds. The maximum absolute atomic E-state index is 15.6. The number of carbonyl (C=O) groups is 3. The molecule has 2 aromatic rings. The number of barbiturate groups is 1. The van der Waals surface area contributed by atoms with Crippen molar-refractivity contribution in [2.24, 2.45) is 5.41 Å². The van der Waals surface area contributed by atoms with Gasteiger partial charge in [0.1, 0.15) is 11.5 Å². The molecule has 11 heteroatoms. The summed E-state index contributed by atoms with van der Waals surface area (Å²) in [4.78, 5) is 39.7. The Hall–Kier alpha value is -3.34. The van der Waals surface area contributed by atoms with E-state index >= 15 is 8.78 Å². The summed E-state index contributed by atoms with van der Waals surface area (Å²) in [6, 6.07) is -0.479. The number of hydrogen-bond donors (Lipinski definition) is 2. The molecule has 1 aromatic heterocycles. The first-order valence-corrected chi connectivity index (χ1v) is 10.6. The van der Waals surface area contributed by atoms with Gasteiger partial charge in [-0.15, -0.1) is 0 Å². The van der Waals surface area contributed by atoms with Crippen molar-refractivity contribution in [1.82, 2.24) is 15.8 Å². The number of nitrogens with one attached hydrogen (secondary N) is 2. The molecule has 174 valence electrons. The normalized spacial score (nSPS) is 26.1. The minimum Gasteiger partial charge on any atom is -0.372 e. The van der Waals surface area contributed by atoms with E-state index in [9.17, 15) is 14.4 Å². The van der Waals surface area contributed by atoms with E-state index in [2.05, 4.69) is 15.8 Å². The number of carbonyl (C=O) groups excluding carboxylic acids is 3. The lowest BCUT2D eigenvalue weighted by atomic mass is 9.66. The van der Waals surface area contributed by atoms with Gasteiger partial charge in [-0.1, -0.05) is 5.16 Å². The zero-order valence-electron chi connectivity index (χ0n) is 18.4. The Bertz CT molecular complexity index is 1210. The quantitative estimate of drug-likeness (QED) is 0.627. The number of amides is 4. The van der Waals surface area contributed by atoms with Crippen LogP contribution in [0.3, 0.4) is 0 Å². The van der Waals surface area contributed by atoms with Crippen LogP contribution in [-0.2, 0) is 20.7 Å². The molecule has 3 atom stereocenters. The van der Waals surface area contributed by atoms with Crippen molar-refractivity contribution in [2.75, 3.05) is 11.4 Å². The van der Waals surface area contributed by atoms with E-state index in [1.54, 1.807) is 27.7 Å². The minimum atomic E-state index is -1.78. The third-order valence-electron chi connectivity index (χ3n) is 6.88. The van der Waals surface area contributed by atoms with Crippen LogP contribution in [0.5, 0.6) is 0 Å². The molecule has 2 fully saturated rings. The number of rotatable bonds is 1. The van der Waals surface area contributed by atoms with Gasteiger partial charge in [-0.3, -0.25) is 20.2 Å². The number of fused-ring (bicyclic) bond motifs is 4. The fraction of sp³-hybridized carbons (Fsp3) is 0.455. The number of aryl methyl sites for hydroxylation is 1. The summed E-state index contributed by atoms with van der Waals surface area (Å²) in [5, 5.41) is 8.19. The molecule has 2 saturated heterocycles. The molecule has 5 rings (SSSR count). The van der Waals surface area contributed by atoms with Crippen LogP contribution in [0.2, 0.25) is 0 Å². The number of ether oxygens (including phenoxy) is 1. The Morgan fingerprint density at radius 3 is 2.39 bits per heavy atom. The van der Waals surface area contributed by atoms with Crippen LogP contribution in [0.25, 0.3) is 11.3 Å². The Labute approximate surface area is 187 Å². The maximum atomic E-state index is 15.6. The van der Waals surface area contributed by atoms with Crippen LogP contribution in [-0.4, -0.2) is 47.8 Å². The highest BCUT2D eigenvalue weighted by atomic mass is 19.2. The predicted octanol–water partition coefficient (Wildman–Crippen LogP) is 2.13. The zero-order valence-corrected chi connectivity index (χ0v) is 18.4. The fourth-order valence-corrected chi connectivity index (χ4v) is 5.38. The molecule has 1 aromatic carbocycles. The lowest BCUT2D eigenvalue weighted by Crippen LogP contribution is -2.75. The molecule has 2 N–H and O–H groups in total. The van der Waals surface area contributed by atoms with Crippen LogP contribution in [0, 0.1) is 30.9 Å². The minimum absolute atomic E-state index is 0.0238. The number of hydrogen-bond acceptors (Lipinski definition) is 7. The highest BCUT2D eigenvalue weighted by Gasteiger charge is 2.63. The van der Waals surface area contributed by atoms with Crippen LogP contribution in [0.1, 0.15) is 30.7 Å². The highest BCUT2D eigenvalue weighted by molar-refractivity contribution is 6.20. The van der Waals surface area contributed by atoms with Gasteiger partial charge < -0.3 is 14.2 Å². The first kappa shape index (κ1) is 21.5. The van der Waals surface area contributed by atoms with Crippen LogP contribution < -0.4 is 15.5 Å². The van der Waals surface area contributed by atoms with Crippen molar-refractivity contribution in [2.45, 2.75) is 52.4 Å². The lowest BCUT2D eigenvalue weighted by Gasteiger charge is -2.55. The van der Waals surface area contributed by atoms with Crippen molar-refractivity contribution in [3.63, 3.8) is 0 Å². The number of benzene rings is 1. The number of nitrogens with zero attached hydrogens (tertiary/aromatic N) is 2. The van der Waals surface area contributed by atoms with Gasteiger partial charge in [-0.05, 0) is 39.3 Å². The topological polar surface area (TPSA) is 114 Å². The summed E-state index contributed by atoms with van der Waals surface area (Å²) in [7, 11) is 0. The van der Waals surface area contributed by atoms with Crippen LogP contribution in [0.4, 0.5) is 19.3 Å². The van der Waals surface area contributed by atoms with Crippen molar-refractivity contribution >= 4 is 23.5 Å². The second-order valence-corrected chi connectivity index (χ2v) is 8.91. The molecule has 33 heavy (non-hydrogen) atoms. The number of urea groups is 1. The van der Waals surface area contributed by atoms with Gasteiger partial charge in [0.05, 0.1) is 23.9 Å². The van der Waals surface area contributed by atoms with Gasteiger partial charge >= 0.3 is 6.03 Å². The van der Waals surface area contributed by atoms with Gasteiger partial charge in [-0.2, -0.15) is 0 Å². The van der Waals surface area contributed by atoms with Gasteiger partial charge in [0, 0.05) is 24.1 Å². The molecule has 0 unspecified atom stereocenters. The molecule has 3 aliphatic rings. The van der Waals surface area contributed by atoms with Crippen molar-refractivity contribution in [3.8, 4) is 11.3 Å². The highest BCUT2D eigenvalue weighted by Crippen LogP contribution is 2.49. The largest absolute Gasteiger partial charge is 0.372 e. The smallest absolute Gasteiger partial charge is 0.328 e. The summed E-state index contributed by atoms with van der Waals surface area (Å²) in [5.74, 6) is -3.35. The molecule has 0 aliphatic carbocycles. The molecule has 9 nitrogen and oxygen atoms in total. The van der Waals surface area contributed by atoms with E-state index in [-0.39, 0.29) is 41.6 Å². The second-order valence-electron chi connectivity index (χ2n) is 8.91. The van der Waals surface area contributed by atoms with E-state index in [0.717, 1.165) is 0 Å². The molecule has 1 spiro atoms. The van der Waals surface area contributed by atoms with Gasteiger partial charge in [-0.25, -0.2) is 13.6 Å². The molecule has 0 bridgehead atoms. The SMILES string of the molecule is Cc1onc(-c2cc3c(c(F)c2F)N2C[C@@H](C)O[C@@H](C)[C@@H]2C2(C3)C(=O)NC(=O)NC2=O)c1C. The molecule has 3 aliphatic heterocycles. The average molecular weight is 460 g/mol. The number of imide groups is 2. The van der Waals surface area contributed by atoms with Crippen LogP contribution in [0.15, 0.2) is 10.6 Å². The van der Waals surface area contributed by atoms with Crippen LogP contribution >= 0.6 is 0 Å². The molecular formula is C22H22F2N4O5. The van der Waals surface area contributed by atoms with E-state index in [1.165, 1.54) is 11.0 Å². The summed E-state index contributed by atoms with van der Waals surface area (Å²) >= 11 is 0. The Kier molecular flexibility index (Phi) is 4.61.